The summed E-state index contributed by atoms with van der Waals surface area (Å²) in [5.41, 5.74) is 4.11. The second-order valence-electron chi connectivity index (χ2n) is 7.78. The van der Waals surface area contributed by atoms with Crippen LogP contribution >= 0.6 is 11.8 Å². The Morgan fingerprint density at radius 2 is 1.68 bits per heavy atom. The van der Waals surface area contributed by atoms with Crippen molar-refractivity contribution >= 4 is 17.7 Å². The SMILES string of the molecule is O=C1CS[C@@H](c2cn(-c3ccccc3)nc2-c2ccccc2)N1CCN1CCOCC1. The molecule has 1 aromatic heterocycles. The fraction of sp³-hybridized carbons (Fsp3) is 0.333. The Bertz CT molecular complexity index is 1020. The summed E-state index contributed by atoms with van der Waals surface area (Å²) < 4.78 is 7.39. The maximum absolute atomic E-state index is 12.8. The molecule has 0 unspecified atom stereocenters. The van der Waals surface area contributed by atoms with E-state index in [1.54, 1.807) is 11.8 Å². The lowest BCUT2D eigenvalue weighted by atomic mass is 10.1. The van der Waals surface area contributed by atoms with Crippen molar-refractivity contribution in [2.75, 3.05) is 45.1 Å². The Morgan fingerprint density at radius 3 is 2.42 bits per heavy atom. The molecule has 0 spiro atoms. The average molecular weight is 435 g/mol. The summed E-state index contributed by atoms with van der Waals surface area (Å²) in [7, 11) is 0. The Kier molecular flexibility index (Phi) is 6.06. The van der Waals surface area contributed by atoms with Crippen molar-refractivity contribution in [1.82, 2.24) is 19.6 Å². The Balaban J connectivity index is 1.47. The van der Waals surface area contributed by atoms with Crippen LogP contribution in [0.4, 0.5) is 0 Å². The lowest BCUT2D eigenvalue weighted by molar-refractivity contribution is -0.128. The zero-order valence-corrected chi connectivity index (χ0v) is 18.2. The van der Waals surface area contributed by atoms with Gasteiger partial charge in [0, 0.05) is 43.5 Å². The lowest BCUT2D eigenvalue weighted by Crippen LogP contribution is -2.42. The van der Waals surface area contributed by atoms with Gasteiger partial charge in [0.05, 0.1) is 30.3 Å². The predicted molar refractivity (Wildman–Crippen MR) is 123 cm³/mol. The first kappa shape index (κ1) is 20.3. The number of nitrogens with zero attached hydrogens (tertiary/aromatic N) is 4. The van der Waals surface area contributed by atoms with Gasteiger partial charge in [-0.15, -0.1) is 11.8 Å². The molecule has 6 nitrogen and oxygen atoms in total. The van der Waals surface area contributed by atoms with E-state index in [-0.39, 0.29) is 11.3 Å². The van der Waals surface area contributed by atoms with Crippen LogP contribution in [0.15, 0.2) is 66.9 Å². The maximum atomic E-state index is 12.8. The van der Waals surface area contributed by atoms with Crippen molar-refractivity contribution in [2.24, 2.45) is 0 Å². The van der Waals surface area contributed by atoms with E-state index in [1.807, 2.05) is 46.0 Å². The van der Waals surface area contributed by atoms with Crippen molar-refractivity contribution in [3.05, 3.63) is 72.4 Å². The molecule has 1 amide bonds. The highest BCUT2D eigenvalue weighted by Crippen LogP contribution is 2.42. The zero-order chi connectivity index (χ0) is 21.0. The normalized spacial score (nSPS) is 19.8. The number of para-hydroxylation sites is 1. The number of hydrogen-bond donors (Lipinski definition) is 0. The third kappa shape index (κ3) is 4.39. The van der Waals surface area contributed by atoms with Gasteiger partial charge in [-0.2, -0.15) is 5.10 Å². The van der Waals surface area contributed by atoms with Crippen molar-refractivity contribution in [3.63, 3.8) is 0 Å². The number of benzene rings is 2. The van der Waals surface area contributed by atoms with Crippen LogP contribution in [0.2, 0.25) is 0 Å². The molecule has 160 valence electrons. The van der Waals surface area contributed by atoms with Gasteiger partial charge in [0.25, 0.3) is 0 Å². The average Bonchev–Trinajstić information content (AvgIpc) is 3.43. The molecule has 3 heterocycles. The Hall–Kier alpha value is -2.61. The van der Waals surface area contributed by atoms with E-state index in [4.69, 9.17) is 9.84 Å². The molecule has 5 rings (SSSR count). The van der Waals surface area contributed by atoms with Gasteiger partial charge in [-0.1, -0.05) is 48.5 Å². The number of thioether (sulfide) groups is 1. The highest BCUT2D eigenvalue weighted by atomic mass is 32.2. The summed E-state index contributed by atoms with van der Waals surface area (Å²) in [6.07, 6.45) is 2.09. The largest absolute Gasteiger partial charge is 0.379 e. The highest BCUT2D eigenvalue weighted by Gasteiger charge is 2.36. The molecule has 0 aliphatic carbocycles. The quantitative estimate of drug-likeness (QED) is 0.595. The van der Waals surface area contributed by atoms with Gasteiger partial charge in [-0.25, -0.2) is 4.68 Å². The number of amides is 1. The first-order chi connectivity index (χ1) is 15.3. The Labute approximate surface area is 186 Å². The smallest absolute Gasteiger partial charge is 0.233 e. The molecule has 7 heteroatoms. The minimum atomic E-state index is -0.0267. The minimum Gasteiger partial charge on any atom is -0.379 e. The summed E-state index contributed by atoms with van der Waals surface area (Å²) in [6.45, 7) is 5.01. The van der Waals surface area contributed by atoms with Crippen molar-refractivity contribution in [2.45, 2.75) is 5.37 Å². The summed E-state index contributed by atoms with van der Waals surface area (Å²) in [5, 5.41) is 4.92. The zero-order valence-electron chi connectivity index (χ0n) is 17.4. The molecular formula is C24H26N4O2S. The van der Waals surface area contributed by atoms with Crippen LogP contribution in [0.1, 0.15) is 10.9 Å². The monoisotopic (exact) mass is 434 g/mol. The predicted octanol–water partition coefficient (Wildman–Crippen LogP) is 3.45. The van der Waals surface area contributed by atoms with Gasteiger partial charge < -0.3 is 9.64 Å². The number of morpholine rings is 1. The molecule has 2 aliphatic rings. The van der Waals surface area contributed by atoms with Gasteiger partial charge in [-0.05, 0) is 12.1 Å². The number of hydrogen-bond acceptors (Lipinski definition) is 5. The van der Waals surface area contributed by atoms with Crippen LogP contribution in [-0.4, -0.2) is 70.6 Å². The van der Waals surface area contributed by atoms with Crippen molar-refractivity contribution in [3.8, 4) is 16.9 Å². The minimum absolute atomic E-state index is 0.0267. The summed E-state index contributed by atoms with van der Waals surface area (Å²) in [6, 6.07) is 20.4. The number of carbonyl (C=O) groups is 1. The number of rotatable bonds is 6. The molecule has 1 atom stereocenters. The van der Waals surface area contributed by atoms with Crippen molar-refractivity contribution in [1.29, 1.82) is 0 Å². The second-order valence-corrected chi connectivity index (χ2v) is 8.85. The fourth-order valence-electron chi connectivity index (χ4n) is 4.13. The highest BCUT2D eigenvalue weighted by molar-refractivity contribution is 8.00. The molecule has 2 aliphatic heterocycles. The first-order valence-corrected chi connectivity index (χ1v) is 11.8. The van der Waals surface area contributed by atoms with Gasteiger partial charge in [-0.3, -0.25) is 9.69 Å². The van der Waals surface area contributed by atoms with E-state index >= 15 is 0 Å². The first-order valence-electron chi connectivity index (χ1n) is 10.7. The summed E-state index contributed by atoms with van der Waals surface area (Å²) in [5.74, 6) is 0.716. The van der Waals surface area contributed by atoms with Gasteiger partial charge in [0.15, 0.2) is 0 Å². The van der Waals surface area contributed by atoms with Crippen LogP contribution < -0.4 is 0 Å². The molecule has 0 N–H and O–H groups in total. The van der Waals surface area contributed by atoms with E-state index in [1.165, 1.54) is 0 Å². The van der Waals surface area contributed by atoms with Crippen LogP contribution in [0.5, 0.6) is 0 Å². The number of ether oxygens (including phenoxy) is 1. The topological polar surface area (TPSA) is 50.6 Å². The molecule has 0 radical (unpaired) electrons. The standard InChI is InChI=1S/C24H26N4O2S/c29-22-18-31-24(27(22)12-11-26-13-15-30-16-14-26)21-17-28(20-9-5-2-6-10-20)25-23(21)19-7-3-1-4-8-19/h1-10,17,24H,11-16,18H2/t24-/m0/s1. The Morgan fingerprint density at radius 1 is 0.968 bits per heavy atom. The molecule has 3 aromatic rings. The van der Waals surface area contributed by atoms with Gasteiger partial charge in [0.1, 0.15) is 5.37 Å². The van der Waals surface area contributed by atoms with E-state index < -0.39 is 0 Å². The molecular weight excluding hydrogens is 408 g/mol. The van der Waals surface area contributed by atoms with Crippen LogP contribution in [0, 0.1) is 0 Å². The van der Waals surface area contributed by atoms with E-state index in [0.29, 0.717) is 5.75 Å². The van der Waals surface area contributed by atoms with E-state index in [2.05, 4.69) is 35.4 Å². The van der Waals surface area contributed by atoms with Crippen molar-refractivity contribution < 1.29 is 9.53 Å². The molecule has 0 bridgehead atoms. The molecule has 0 saturated carbocycles. The third-order valence-corrected chi connectivity index (χ3v) is 7.04. The van der Waals surface area contributed by atoms with Gasteiger partial charge in [0.2, 0.25) is 5.91 Å². The molecule has 2 saturated heterocycles. The van der Waals surface area contributed by atoms with Crippen LogP contribution in [0.25, 0.3) is 16.9 Å². The maximum Gasteiger partial charge on any atom is 0.233 e. The van der Waals surface area contributed by atoms with E-state index in [9.17, 15) is 4.79 Å². The molecule has 2 fully saturated rings. The third-order valence-electron chi connectivity index (χ3n) is 5.81. The summed E-state index contributed by atoms with van der Waals surface area (Å²) >= 11 is 1.70. The lowest BCUT2D eigenvalue weighted by Gasteiger charge is -2.30. The van der Waals surface area contributed by atoms with E-state index in [0.717, 1.165) is 61.9 Å². The van der Waals surface area contributed by atoms with Crippen LogP contribution in [0.3, 0.4) is 0 Å². The van der Waals surface area contributed by atoms with Crippen LogP contribution in [-0.2, 0) is 9.53 Å². The van der Waals surface area contributed by atoms with Gasteiger partial charge >= 0.3 is 0 Å². The summed E-state index contributed by atoms with van der Waals surface area (Å²) in [4.78, 5) is 17.2. The molecule has 31 heavy (non-hydrogen) atoms. The second kappa shape index (κ2) is 9.26. The number of aromatic nitrogens is 2. The molecule has 2 aromatic carbocycles. The number of carbonyl (C=O) groups excluding carboxylic acids is 1. The fourth-order valence-corrected chi connectivity index (χ4v) is 5.35.